The summed E-state index contributed by atoms with van der Waals surface area (Å²) in [5.41, 5.74) is 4.94. The molecule has 5 heteroatoms. The molecule has 0 amide bonds. The number of unbranched alkanes of at least 4 members (excludes halogenated alkanes) is 2. The molecule has 30 heavy (non-hydrogen) atoms. The molecule has 0 saturated carbocycles. The predicted molar refractivity (Wildman–Crippen MR) is 133 cm³/mol. The van der Waals surface area contributed by atoms with Gasteiger partial charge >= 0.3 is 0 Å². The molecule has 0 fully saturated rings. The van der Waals surface area contributed by atoms with Gasteiger partial charge in [0.15, 0.2) is 0 Å². The lowest BCUT2D eigenvalue weighted by Crippen LogP contribution is -2.25. The Morgan fingerprint density at radius 2 is 1.77 bits per heavy atom. The summed E-state index contributed by atoms with van der Waals surface area (Å²) < 4.78 is 2.47. The lowest BCUT2D eigenvalue weighted by molar-refractivity contribution is 0.296. The van der Waals surface area contributed by atoms with Crippen molar-refractivity contribution in [3.63, 3.8) is 0 Å². The van der Waals surface area contributed by atoms with Crippen LogP contribution in [0.2, 0.25) is 0 Å². The molecule has 0 spiro atoms. The average Bonchev–Trinajstić information content (AvgIpc) is 3.06. The van der Waals surface area contributed by atoms with Crippen LogP contribution in [-0.4, -0.2) is 40.6 Å². The minimum Gasteiger partial charge on any atom is -0.339 e. The molecule has 0 unspecified atom stereocenters. The zero-order valence-corrected chi connectivity index (χ0v) is 20.0. The van der Waals surface area contributed by atoms with Crippen molar-refractivity contribution >= 4 is 34.2 Å². The Balaban J connectivity index is 0.00000320. The standard InChI is InChI=1S/C25H38N4.ClH/c1-5-8-17-29-24-14-10-9-13-22(24)23-18-21(27-20(4)25(23)29)19-26-15-11-12-16-28(6-2)7-3;/h9-10,13-14,18,26H,5-8,11-12,15-17,19H2,1-4H3;1H. The molecule has 0 aliphatic heterocycles. The molecule has 3 aromatic rings. The summed E-state index contributed by atoms with van der Waals surface area (Å²) in [6.07, 6.45) is 4.87. The molecule has 0 saturated heterocycles. The SMILES string of the molecule is CCCCn1c2ccccc2c2cc(CNCCCCN(CC)CC)nc(C)c21.Cl. The van der Waals surface area contributed by atoms with Crippen molar-refractivity contribution in [3.8, 4) is 0 Å². The van der Waals surface area contributed by atoms with Crippen LogP contribution < -0.4 is 5.32 Å². The summed E-state index contributed by atoms with van der Waals surface area (Å²) in [7, 11) is 0. The first-order valence-corrected chi connectivity index (χ1v) is 11.5. The van der Waals surface area contributed by atoms with Crippen LogP contribution in [0.1, 0.15) is 57.8 Å². The fraction of sp³-hybridized carbons (Fsp3) is 0.560. The highest BCUT2D eigenvalue weighted by Gasteiger charge is 2.14. The summed E-state index contributed by atoms with van der Waals surface area (Å²) in [6, 6.07) is 11.1. The van der Waals surface area contributed by atoms with Crippen LogP contribution in [0.5, 0.6) is 0 Å². The molecule has 0 aliphatic rings. The number of para-hydroxylation sites is 1. The molecule has 3 rings (SSSR count). The number of nitrogens with zero attached hydrogens (tertiary/aromatic N) is 3. The van der Waals surface area contributed by atoms with Gasteiger partial charge in [-0.25, -0.2) is 0 Å². The first-order chi connectivity index (χ1) is 14.2. The molecule has 2 aromatic heterocycles. The fourth-order valence-electron chi connectivity index (χ4n) is 4.31. The summed E-state index contributed by atoms with van der Waals surface area (Å²) in [4.78, 5) is 7.44. The number of hydrogen-bond donors (Lipinski definition) is 1. The molecule has 0 radical (unpaired) electrons. The molecule has 4 nitrogen and oxygen atoms in total. The molecule has 2 heterocycles. The van der Waals surface area contributed by atoms with Crippen LogP contribution in [0.4, 0.5) is 0 Å². The Morgan fingerprint density at radius 3 is 2.50 bits per heavy atom. The van der Waals surface area contributed by atoms with Crippen molar-refractivity contribution in [1.82, 2.24) is 19.8 Å². The van der Waals surface area contributed by atoms with E-state index in [0.29, 0.717) is 0 Å². The second-order valence-corrected chi connectivity index (χ2v) is 8.03. The Labute approximate surface area is 188 Å². The van der Waals surface area contributed by atoms with Crippen molar-refractivity contribution in [2.75, 3.05) is 26.2 Å². The number of aromatic nitrogens is 2. The van der Waals surface area contributed by atoms with E-state index >= 15 is 0 Å². The molecular weight excluding hydrogens is 392 g/mol. The third kappa shape index (κ3) is 5.75. The first kappa shape index (κ1) is 24.6. The van der Waals surface area contributed by atoms with E-state index in [2.05, 4.69) is 72.8 Å². The summed E-state index contributed by atoms with van der Waals surface area (Å²) >= 11 is 0. The zero-order chi connectivity index (χ0) is 20.6. The van der Waals surface area contributed by atoms with Crippen LogP contribution >= 0.6 is 12.4 Å². The zero-order valence-electron chi connectivity index (χ0n) is 19.2. The van der Waals surface area contributed by atoms with Crippen LogP contribution in [0.15, 0.2) is 30.3 Å². The van der Waals surface area contributed by atoms with Gasteiger partial charge in [0, 0.05) is 29.4 Å². The number of benzene rings is 1. The molecule has 0 bridgehead atoms. The molecule has 1 aromatic carbocycles. The topological polar surface area (TPSA) is 33.1 Å². The second-order valence-electron chi connectivity index (χ2n) is 8.03. The van der Waals surface area contributed by atoms with Crippen LogP contribution in [-0.2, 0) is 13.1 Å². The Morgan fingerprint density at radius 1 is 1.00 bits per heavy atom. The Bertz CT molecular complexity index is 914. The maximum absolute atomic E-state index is 4.95. The third-order valence-corrected chi connectivity index (χ3v) is 5.99. The number of aryl methyl sites for hydroxylation is 2. The quantitative estimate of drug-likeness (QED) is 0.361. The maximum atomic E-state index is 4.95. The second kappa shape index (κ2) is 12.3. The fourth-order valence-corrected chi connectivity index (χ4v) is 4.31. The van der Waals surface area contributed by atoms with E-state index in [1.165, 1.54) is 54.0 Å². The number of pyridine rings is 1. The lowest BCUT2D eigenvalue weighted by Gasteiger charge is -2.17. The molecular formula is C25H39ClN4. The summed E-state index contributed by atoms with van der Waals surface area (Å²) in [6.45, 7) is 15.4. The van der Waals surface area contributed by atoms with E-state index in [4.69, 9.17) is 4.98 Å². The number of fused-ring (bicyclic) bond motifs is 3. The summed E-state index contributed by atoms with van der Waals surface area (Å²) in [5, 5.41) is 6.31. The van der Waals surface area contributed by atoms with Crippen molar-refractivity contribution in [1.29, 1.82) is 0 Å². The van der Waals surface area contributed by atoms with Crippen molar-refractivity contribution < 1.29 is 0 Å². The predicted octanol–water partition coefficient (Wildman–Crippen LogP) is 5.93. The third-order valence-electron chi connectivity index (χ3n) is 5.99. The summed E-state index contributed by atoms with van der Waals surface area (Å²) in [5.74, 6) is 0. The highest BCUT2D eigenvalue weighted by molar-refractivity contribution is 6.08. The van der Waals surface area contributed by atoms with Gasteiger partial charge in [0.05, 0.1) is 16.9 Å². The van der Waals surface area contributed by atoms with Gasteiger partial charge < -0.3 is 14.8 Å². The normalized spacial score (nSPS) is 11.5. The van der Waals surface area contributed by atoms with E-state index in [0.717, 1.165) is 44.1 Å². The number of hydrogen-bond acceptors (Lipinski definition) is 3. The van der Waals surface area contributed by atoms with Gasteiger partial charge in [-0.2, -0.15) is 0 Å². The highest BCUT2D eigenvalue weighted by Crippen LogP contribution is 2.31. The van der Waals surface area contributed by atoms with Crippen LogP contribution in [0.3, 0.4) is 0 Å². The van der Waals surface area contributed by atoms with E-state index in [9.17, 15) is 0 Å². The van der Waals surface area contributed by atoms with Gasteiger partial charge in [-0.3, -0.25) is 4.98 Å². The Kier molecular flexibility index (Phi) is 10.1. The van der Waals surface area contributed by atoms with Gasteiger partial charge in [-0.1, -0.05) is 45.4 Å². The van der Waals surface area contributed by atoms with Gasteiger partial charge in [-0.15, -0.1) is 12.4 Å². The number of rotatable bonds is 12. The minimum absolute atomic E-state index is 0. The van der Waals surface area contributed by atoms with Gasteiger partial charge in [0.1, 0.15) is 0 Å². The molecule has 0 aliphatic carbocycles. The smallest absolute Gasteiger partial charge is 0.0707 e. The van der Waals surface area contributed by atoms with E-state index < -0.39 is 0 Å². The molecule has 0 atom stereocenters. The minimum atomic E-state index is 0. The van der Waals surface area contributed by atoms with Gasteiger partial charge in [-0.05, 0) is 64.5 Å². The molecule has 166 valence electrons. The van der Waals surface area contributed by atoms with Crippen LogP contribution in [0, 0.1) is 6.92 Å². The van der Waals surface area contributed by atoms with Gasteiger partial charge in [0.25, 0.3) is 0 Å². The van der Waals surface area contributed by atoms with Crippen molar-refractivity contribution in [2.24, 2.45) is 0 Å². The van der Waals surface area contributed by atoms with Crippen molar-refractivity contribution in [3.05, 3.63) is 41.7 Å². The van der Waals surface area contributed by atoms with Gasteiger partial charge in [0.2, 0.25) is 0 Å². The maximum Gasteiger partial charge on any atom is 0.0707 e. The Hall–Kier alpha value is -1.62. The first-order valence-electron chi connectivity index (χ1n) is 11.5. The number of halogens is 1. The highest BCUT2D eigenvalue weighted by atomic mass is 35.5. The monoisotopic (exact) mass is 430 g/mol. The van der Waals surface area contributed by atoms with E-state index in [-0.39, 0.29) is 12.4 Å². The van der Waals surface area contributed by atoms with Crippen molar-refractivity contribution in [2.45, 2.75) is 66.5 Å². The largest absolute Gasteiger partial charge is 0.339 e. The average molecular weight is 431 g/mol. The van der Waals surface area contributed by atoms with E-state index in [1.807, 2.05) is 0 Å². The lowest BCUT2D eigenvalue weighted by atomic mass is 10.1. The molecule has 1 N–H and O–H groups in total. The van der Waals surface area contributed by atoms with Crippen LogP contribution in [0.25, 0.3) is 21.8 Å². The number of nitrogens with one attached hydrogen (secondary N) is 1. The van der Waals surface area contributed by atoms with E-state index in [1.54, 1.807) is 0 Å².